The summed E-state index contributed by atoms with van der Waals surface area (Å²) in [6, 6.07) is 29.1. The minimum Gasteiger partial charge on any atom is -0.395 e. The van der Waals surface area contributed by atoms with Crippen molar-refractivity contribution in [3.63, 3.8) is 0 Å². The van der Waals surface area contributed by atoms with Gasteiger partial charge in [-0.1, -0.05) is 96.5 Å². The second-order valence-corrected chi connectivity index (χ2v) is 12.3. The predicted octanol–water partition coefficient (Wildman–Crippen LogP) is 4.15. The molecule has 0 spiro atoms. The Labute approximate surface area is 275 Å². The number of benzene rings is 4. The summed E-state index contributed by atoms with van der Waals surface area (Å²) in [5, 5.41) is 15.8. The maximum Gasteiger partial charge on any atom is 0.246 e. The lowest BCUT2D eigenvalue weighted by Crippen LogP contribution is -2.55. The van der Waals surface area contributed by atoms with Crippen LogP contribution in [0.3, 0.4) is 0 Å². The van der Waals surface area contributed by atoms with Crippen LogP contribution in [0, 0.1) is 0 Å². The van der Waals surface area contributed by atoms with Crippen molar-refractivity contribution >= 4 is 40.1 Å². The van der Waals surface area contributed by atoms with Gasteiger partial charge in [-0.25, -0.2) is 0 Å². The van der Waals surface area contributed by atoms with Gasteiger partial charge in [0.15, 0.2) is 0 Å². The molecule has 8 nitrogen and oxygen atoms in total. The van der Waals surface area contributed by atoms with Crippen molar-refractivity contribution in [1.82, 2.24) is 15.1 Å². The lowest BCUT2D eigenvalue weighted by atomic mass is 9.96. The van der Waals surface area contributed by atoms with Gasteiger partial charge in [0.05, 0.1) is 6.61 Å². The van der Waals surface area contributed by atoms with E-state index in [9.17, 15) is 19.5 Å². The summed E-state index contributed by atoms with van der Waals surface area (Å²) in [4.78, 5) is 44.4. The first-order chi connectivity index (χ1) is 22.3. The molecule has 0 aromatic heterocycles. The topological polar surface area (TPSA) is 116 Å². The number of fused-ring (bicyclic) bond motifs is 1. The molecule has 3 unspecified atom stereocenters. The molecule has 3 amide bonds. The summed E-state index contributed by atoms with van der Waals surface area (Å²) in [6.45, 7) is 0.942. The van der Waals surface area contributed by atoms with E-state index in [0.717, 1.165) is 27.5 Å². The van der Waals surface area contributed by atoms with E-state index in [2.05, 4.69) is 5.32 Å². The molecular weight excluding hydrogens is 600 g/mol. The highest BCUT2D eigenvalue weighted by atomic mass is 35.5. The fraction of sp³-hybridized carbons (Fsp3) is 0.324. The van der Waals surface area contributed by atoms with Crippen LogP contribution in [-0.2, 0) is 33.6 Å². The second-order valence-electron chi connectivity index (χ2n) is 11.9. The highest BCUT2D eigenvalue weighted by Crippen LogP contribution is 2.25. The molecule has 46 heavy (non-hydrogen) atoms. The quantitative estimate of drug-likeness (QED) is 0.203. The van der Waals surface area contributed by atoms with Gasteiger partial charge >= 0.3 is 0 Å². The Bertz CT molecular complexity index is 1640. The van der Waals surface area contributed by atoms with Crippen LogP contribution >= 0.6 is 11.6 Å². The van der Waals surface area contributed by atoms with Gasteiger partial charge in [0.25, 0.3) is 0 Å². The van der Waals surface area contributed by atoms with E-state index in [4.69, 9.17) is 17.3 Å². The Morgan fingerprint density at radius 1 is 0.913 bits per heavy atom. The third-order valence-electron chi connectivity index (χ3n) is 8.70. The Morgan fingerprint density at radius 2 is 1.63 bits per heavy atom. The van der Waals surface area contributed by atoms with Gasteiger partial charge in [-0.2, -0.15) is 0 Å². The number of nitrogens with two attached hydrogens (primary N) is 1. The number of primary amides is 1. The summed E-state index contributed by atoms with van der Waals surface area (Å²) in [5.74, 6) is -1.06. The molecule has 4 N–H and O–H groups in total. The number of hydrogen-bond donors (Lipinski definition) is 3. The van der Waals surface area contributed by atoms with Crippen molar-refractivity contribution in [3.05, 3.63) is 119 Å². The highest BCUT2D eigenvalue weighted by Gasteiger charge is 2.39. The van der Waals surface area contributed by atoms with Crippen LogP contribution in [0.1, 0.15) is 29.5 Å². The molecule has 5 rings (SSSR count). The summed E-state index contributed by atoms with van der Waals surface area (Å²) >= 11 is 6.29. The number of carbonyl (C=O) groups is 3. The Kier molecular flexibility index (Phi) is 11.4. The van der Waals surface area contributed by atoms with Crippen LogP contribution in [-0.4, -0.2) is 77.0 Å². The van der Waals surface area contributed by atoms with E-state index in [1.54, 1.807) is 21.9 Å². The number of aliphatic hydroxyl groups is 1. The number of carbonyl (C=O) groups excluding carboxylic acids is 3. The average molecular weight is 641 g/mol. The standard InChI is InChI=1S/C37H41ClN4O4/c38-30-15-6-11-27(21-30)23-34-37(46)42(33(36(39)45)24-29-14-7-13-28-12-4-5-16-32(28)29)20-8-19-41(34)35(44)17-18-40-31(25-43)22-26-9-2-1-3-10-26/h1-7,9-16,21,31,33-34,40,43H,8,17-20,22-25H2,(H2,39,45). The fourth-order valence-electron chi connectivity index (χ4n) is 6.36. The highest BCUT2D eigenvalue weighted by molar-refractivity contribution is 6.30. The normalized spacial score (nSPS) is 16.7. The maximum absolute atomic E-state index is 14.4. The molecule has 1 heterocycles. The van der Waals surface area contributed by atoms with E-state index < -0.39 is 18.0 Å². The number of hydrogen-bond acceptors (Lipinski definition) is 5. The zero-order valence-corrected chi connectivity index (χ0v) is 26.6. The minimum atomic E-state index is -0.875. The molecule has 1 aliphatic heterocycles. The number of aliphatic hydroxyl groups excluding tert-OH is 1. The minimum absolute atomic E-state index is 0.0666. The first-order valence-electron chi connectivity index (χ1n) is 15.8. The third-order valence-corrected chi connectivity index (χ3v) is 8.93. The first kappa shape index (κ1) is 33.1. The lowest BCUT2D eigenvalue weighted by Gasteiger charge is -2.34. The first-order valence-corrected chi connectivity index (χ1v) is 16.2. The Balaban J connectivity index is 1.35. The second kappa shape index (κ2) is 15.9. The predicted molar refractivity (Wildman–Crippen MR) is 181 cm³/mol. The molecule has 0 aliphatic carbocycles. The summed E-state index contributed by atoms with van der Waals surface area (Å²) in [7, 11) is 0. The molecule has 4 aromatic carbocycles. The summed E-state index contributed by atoms with van der Waals surface area (Å²) in [5.41, 5.74) is 8.82. The van der Waals surface area contributed by atoms with Crippen molar-refractivity contribution in [2.75, 3.05) is 26.2 Å². The van der Waals surface area contributed by atoms with Crippen LogP contribution in [0.25, 0.3) is 10.8 Å². The van der Waals surface area contributed by atoms with Gasteiger partial charge in [-0.15, -0.1) is 0 Å². The molecule has 1 saturated heterocycles. The van der Waals surface area contributed by atoms with Crippen LogP contribution < -0.4 is 11.1 Å². The van der Waals surface area contributed by atoms with Crippen molar-refractivity contribution in [2.45, 2.75) is 50.2 Å². The smallest absolute Gasteiger partial charge is 0.246 e. The van der Waals surface area contributed by atoms with Gasteiger partial charge in [0, 0.05) is 50.0 Å². The van der Waals surface area contributed by atoms with Crippen LogP contribution in [0.5, 0.6) is 0 Å². The molecule has 3 atom stereocenters. The number of halogens is 1. The Hall–Kier alpha value is -4.24. The number of nitrogens with one attached hydrogen (secondary N) is 1. The molecular formula is C37H41ClN4O4. The maximum atomic E-state index is 14.4. The average Bonchev–Trinajstić information content (AvgIpc) is 3.21. The molecule has 0 bridgehead atoms. The van der Waals surface area contributed by atoms with Crippen molar-refractivity contribution in [2.24, 2.45) is 5.73 Å². The van der Waals surface area contributed by atoms with E-state index in [0.29, 0.717) is 37.5 Å². The lowest BCUT2D eigenvalue weighted by molar-refractivity contribution is -0.147. The fourth-order valence-corrected chi connectivity index (χ4v) is 6.58. The SMILES string of the molecule is NC(=O)C(Cc1cccc2ccccc12)N1CCCN(C(=O)CCNC(CO)Cc2ccccc2)C(Cc2cccc(Cl)c2)C1=O. The van der Waals surface area contributed by atoms with Crippen LogP contribution in [0.15, 0.2) is 97.1 Å². The molecule has 1 fully saturated rings. The zero-order chi connectivity index (χ0) is 32.5. The molecule has 4 aromatic rings. The Morgan fingerprint density at radius 3 is 2.39 bits per heavy atom. The van der Waals surface area contributed by atoms with E-state index in [-0.39, 0.29) is 43.7 Å². The van der Waals surface area contributed by atoms with Crippen LogP contribution in [0.2, 0.25) is 5.02 Å². The zero-order valence-electron chi connectivity index (χ0n) is 25.9. The molecule has 0 radical (unpaired) electrons. The number of rotatable bonds is 13. The third kappa shape index (κ3) is 8.31. The van der Waals surface area contributed by atoms with E-state index in [1.807, 2.05) is 84.9 Å². The van der Waals surface area contributed by atoms with Gasteiger partial charge in [0.2, 0.25) is 17.7 Å². The molecule has 0 saturated carbocycles. The molecule has 9 heteroatoms. The van der Waals surface area contributed by atoms with Gasteiger partial charge in [-0.05, 0) is 52.4 Å². The van der Waals surface area contributed by atoms with Crippen molar-refractivity contribution in [3.8, 4) is 0 Å². The van der Waals surface area contributed by atoms with E-state index >= 15 is 0 Å². The van der Waals surface area contributed by atoms with Gasteiger partial charge in [0.1, 0.15) is 12.1 Å². The molecule has 1 aliphatic rings. The van der Waals surface area contributed by atoms with Gasteiger partial charge < -0.3 is 26.0 Å². The monoisotopic (exact) mass is 640 g/mol. The van der Waals surface area contributed by atoms with Crippen molar-refractivity contribution < 1.29 is 19.5 Å². The van der Waals surface area contributed by atoms with Crippen LogP contribution in [0.4, 0.5) is 0 Å². The summed E-state index contributed by atoms with van der Waals surface area (Å²) < 4.78 is 0. The number of amides is 3. The van der Waals surface area contributed by atoms with E-state index in [1.165, 1.54) is 0 Å². The largest absolute Gasteiger partial charge is 0.395 e. The molecule has 240 valence electrons. The van der Waals surface area contributed by atoms with Crippen molar-refractivity contribution in [1.29, 1.82) is 0 Å². The van der Waals surface area contributed by atoms with Gasteiger partial charge in [-0.3, -0.25) is 14.4 Å². The number of nitrogens with zero attached hydrogens (tertiary/aromatic N) is 2. The summed E-state index contributed by atoms with van der Waals surface area (Å²) in [6.07, 6.45) is 1.81.